The molecule has 9 nitrogen and oxygen atoms in total. The lowest BCUT2D eigenvalue weighted by Gasteiger charge is -2.36. The highest BCUT2D eigenvalue weighted by atomic mass is 16.6. The Morgan fingerprint density at radius 2 is 1.61 bits per heavy atom. The Balaban J connectivity index is 3.45. The third kappa shape index (κ3) is 11.3. The molecule has 4 N–H and O–H groups in total. The van der Waals surface area contributed by atoms with Crippen molar-refractivity contribution in [2.75, 3.05) is 13.2 Å². The molecule has 0 aromatic heterocycles. The molecule has 1 aromatic carbocycles. The Morgan fingerprint density at radius 1 is 1.00 bits per heavy atom. The van der Waals surface area contributed by atoms with Crippen LogP contribution in [0.1, 0.15) is 104 Å². The molecule has 9 heteroatoms. The monoisotopic (exact) mass is 535 g/mol. The lowest BCUT2D eigenvalue weighted by Crippen LogP contribution is -2.55. The van der Waals surface area contributed by atoms with Crippen molar-refractivity contribution >= 4 is 17.9 Å². The van der Waals surface area contributed by atoms with Crippen LogP contribution in [0.2, 0.25) is 0 Å². The van der Waals surface area contributed by atoms with Gasteiger partial charge in [0, 0.05) is 17.6 Å². The average molecular weight is 536 g/mol. The van der Waals surface area contributed by atoms with Gasteiger partial charge in [-0.15, -0.1) is 0 Å². The van der Waals surface area contributed by atoms with Gasteiger partial charge in [0.15, 0.2) is 0 Å². The molecule has 0 aliphatic carbocycles. The van der Waals surface area contributed by atoms with E-state index in [0.29, 0.717) is 12.0 Å². The molecule has 0 heterocycles. The highest BCUT2D eigenvalue weighted by Gasteiger charge is 2.38. The minimum absolute atomic E-state index is 0.0806. The van der Waals surface area contributed by atoms with E-state index in [0.717, 1.165) is 32.1 Å². The van der Waals surface area contributed by atoms with Gasteiger partial charge in [-0.05, 0) is 60.5 Å². The summed E-state index contributed by atoms with van der Waals surface area (Å²) in [7, 11) is 0. The van der Waals surface area contributed by atoms with Crippen molar-refractivity contribution in [3.8, 4) is 5.75 Å². The van der Waals surface area contributed by atoms with Crippen LogP contribution in [0.25, 0.3) is 0 Å². The summed E-state index contributed by atoms with van der Waals surface area (Å²) in [5.74, 6) is -1.18. The minimum atomic E-state index is -1.33. The predicted octanol–water partition coefficient (Wildman–Crippen LogP) is 4.73. The normalized spacial score (nSPS) is 13.4. The molecule has 0 aliphatic rings. The van der Waals surface area contributed by atoms with Gasteiger partial charge < -0.3 is 30.5 Å². The zero-order valence-corrected chi connectivity index (χ0v) is 24.5. The molecule has 0 bridgehead atoms. The number of alkyl carbamates (subject to hydrolysis) is 1. The van der Waals surface area contributed by atoms with Gasteiger partial charge in [0.1, 0.15) is 23.4 Å². The van der Waals surface area contributed by atoms with Crippen molar-refractivity contribution in [2.24, 2.45) is 0 Å². The molecular formula is C29H49N3O6. The van der Waals surface area contributed by atoms with Crippen molar-refractivity contribution in [3.63, 3.8) is 0 Å². The first kappa shape index (κ1) is 33.2. The van der Waals surface area contributed by atoms with Crippen LogP contribution < -0.4 is 10.6 Å². The highest BCUT2D eigenvalue weighted by molar-refractivity contribution is 5.93. The number of phenols is 1. The topological polar surface area (TPSA) is 128 Å². The fourth-order valence-corrected chi connectivity index (χ4v) is 4.06. The number of amides is 3. The zero-order chi connectivity index (χ0) is 29.1. The van der Waals surface area contributed by atoms with E-state index in [1.165, 1.54) is 4.90 Å². The first-order valence-electron chi connectivity index (χ1n) is 13.6. The molecule has 0 aliphatic heterocycles. The summed E-state index contributed by atoms with van der Waals surface area (Å²) in [6.07, 6.45) is 4.93. The molecule has 0 saturated heterocycles. The fraction of sp³-hybridized carbons (Fsp3) is 0.690. The Bertz CT molecular complexity index is 920. The van der Waals surface area contributed by atoms with E-state index >= 15 is 0 Å². The second-order valence-corrected chi connectivity index (χ2v) is 11.8. The first-order chi connectivity index (χ1) is 17.6. The van der Waals surface area contributed by atoms with Crippen LogP contribution in [0.3, 0.4) is 0 Å². The quantitative estimate of drug-likeness (QED) is 0.270. The predicted molar refractivity (Wildman–Crippen MR) is 149 cm³/mol. The molecule has 0 radical (unpaired) electrons. The third-order valence-electron chi connectivity index (χ3n) is 5.83. The number of hydrogen-bond acceptors (Lipinski definition) is 6. The molecule has 0 saturated carbocycles. The number of aliphatic hydroxyl groups excluding tert-OH is 1. The van der Waals surface area contributed by atoms with Gasteiger partial charge in [0.25, 0.3) is 0 Å². The van der Waals surface area contributed by atoms with Crippen molar-refractivity contribution in [2.45, 2.75) is 117 Å². The van der Waals surface area contributed by atoms with E-state index in [9.17, 15) is 24.6 Å². The molecule has 0 spiro atoms. The van der Waals surface area contributed by atoms with E-state index in [1.54, 1.807) is 45.9 Å². The number of aliphatic hydroxyl groups is 1. The molecule has 2 unspecified atom stereocenters. The lowest BCUT2D eigenvalue weighted by molar-refractivity contribution is -0.144. The summed E-state index contributed by atoms with van der Waals surface area (Å²) in [5.41, 5.74) is -0.559. The zero-order valence-electron chi connectivity index (χ0n) is 24.5. The number of aryl methyl sites for hydroxylation is 1. The molecule has 216 valence electrons. The van der Waals surface area contributed by atoms with Gasteiger partial charge in [-0.2, -0.15) is 0 Å². The van der Waals surface area contributed by atoms with Crippen LogP contribution in [0.5, 0.6) is 5.75 Å². The summed E-state index contributed by atoms with van der Waals surface area (Å²) in [5, 5.41) is 26.4. The number of benzene rings is 1. The standard InChI is InChI=1S/C29H49N3O6/c1-9-10-11-12-13-14-18-32(26(36)22(19-33)30-27(37)38-29(6,7)8)23(25(35)31-28(3,4)5)21-17-15-16-20(2)24(21)34/h15-17,22-23,33-34H,9-14,18-19H2,1-8H3,(H,30,37)(H,31,35). The summed E-state index contributed by atoms with van der Waals surface area (Å²) in [6, 6.07) is 2.55. The number of nitrogens with zero attached hydrogens (tertiary/aromatic N) is 1. The maximum absolute atomic E-state index is 13.9. The number of hydrogen-bond donors (Lipinski definition) is 4. The highest BCUT2D eigenvalue weighted by Crippen LogP contribution is 2.33. The largest absolute Gasteiger partial charge is 0.507 e. The minimum Gasteiger partial charge on any atom is -0.507 e. The van der Waals surface area contributed by atoms with Crippen LogP contribution in [0, 0.1) is 6.92 Å². The molecule has 1 aromatic rings. The van der Waals surface area contributed by atoms with Crippen LogP contribution in [0.15, 0.2) is 18.2 Å². The fourth-order valence-electron chi connectivity index (χ4n) is 4.06. The SMILES string of the molecule is CCCCCCCCN(C(=O)C(CO)NC(=O)OC(C)(C)C)C(C(=O)NC(C)(C)C)c1cccc(C)c1O. The van der Waals surface area contributed by atoms with Crippen LogP contribution in [-0.4, -0.2) is 63.4 Å². The smallest absolute Gasteiger partial charge is 0.408 e. The van der Waals surface area contributed by atoms with Gasteiger partial charge in [0.2, 0.25) is 11.8 Å². The number of ether oxygens (including phenoxy) is 1. The Labute approximate surface area is 228 Å². The Morgan fingerprint density at radius 3 is 2.16 bits per heavy atom. The number of phenolic OH excluding ortho intramolecular Hbond substituents is 1. The van der Waals surface area contributed by atoms with Gasteiger partial charge in [-0.3, -0.25) is 9.59 Å². The van der Waals surface area contributed by atoms with E-state index in [2.05, 4.69) is 17.6 Å². The molecule has 38 heavy (non-hydrogen) atoms. The van der Waals surface area contributed by atoms with Crippen LogP contribution in [0.4, 0.5) is 4.79 Å². The van der Waals surface area contributed by atoms with E-state index in [-0.39, 0.29) is 17.9 Å². The summed E-state index contributed by atoms with van der Waals surface area (Å²) < 4.78 is 5.28. The molecular weight excluding hydrogens is 486 g/mol. The second-order valence-electron chi connectivity index (χ2n) is 11.8. The molecule has 0 fully saturated rings. The summed E-state index contributed by atoms with van der Waals surface area (Å²) in [6.45, 7) is 14.0. The van der Waals surface area contributed by atoms with E-state index < -0.39 is 47.7 Å². The number of carbonyl (C=O) groups excluding carboxylic acids is 3. The molecule has 3 amide bonds. The number of para-hydroxylation sites is 1. The van der Waals surface area contributed by atoms with Gasteiger partial charge in [-0.1, -0.05) is 57.2 Å². The number of unbranched alkanes of at least 4 members (excludes halogenated alkanes) is 5. The van der Waals surface area contributed by atoms with Gasteiger partial charge in [0.05, 0.1) is 6.61 Å². The van der Waals surface area contributed by atoms with Crippen molar-refractivity contribution < 1.29 is 29.3 Å². The van der Waals surface area contributed by atoms with Crippen molar-refractivity contribution in [1.82, 2.24) is 15.5 Å². The van der Waals surface area contributed by atoms with Crippen LogP contribution >= 0.6 is 0 Å². The summed E-state index contributed by atoms with van der Waals surface area (Å²) >= 11 is 0. The lowest BCUT2D eigenvalue weighted by atomic mass is 9.97. The maximum atomic E-state index is 13.9. The van der Waals surface area contributed by atoms with Crippen molar-refractivity contribution in [3.05, 3.63) is 29.3 Å². The Hall–Kier alpha value is -2.81. The summed E-state index contributed by atoms with van der Waals surface area (Å²) in [4.78, 5) is 41.3. The second kappa shape index (κ2) is 15.0. The van der Waals surface area contributed by atoms with Crippen molar-refractivity contribution in [1.29, 1.82) is 0 Å². The number of aromatic hydroxyl groups is 1. The van der Waals surface area contributed by atoms with Gasteiger partial charge in [-0.25, -0.2) is 4.79 Å². The van der Waals surface area contributed by atoms with E-state index in [1.807, 2.05) is 20.8 Å². The third-order valence-corrected chi connectivity index (χ3v) is 5.83. The maximum Gasteiger partial charge on any atom is 0.408 e. The van der Waals surface area contributed by atoms with Gasteiger partial charge >= 0.3 is 6.09 Å². The molecule has 2 atom stereocenters. The molecule has 1 rings (SSSR count). The number of rotatable bonds is 13. The van der Waals surface area contributed by atoms with Crippen LogP contribution in [-0.2, 0) is 14.3 Å². The average Bonchev–Trinajstić information content (AvgIpc) is 2.78. The number of nitrogens with one attached hydrogen (secondary N) is 2. The first-order valence-corrected chi connectivity index (χ1v) is 13.6. The number of carbonyl (C=O) groups is 3. The Kier molecular flexibility index (Phi) is 13.1. The van der Waals surface area contributed by atoms with E-state index in [4.69, 9.17) is 4.74 Å².